The zero-order valence-corrected chi connectivity index (χ0v) is 11.9. The molecule has 1 aromatic carbocycles. The number of hydrogen-bond donors (Lipinski definition) is 4. The van der Waals surface area contributed by atoms with Crippen LogP contribution in [0.25, 0.3) is 10.9 Å². The number of amides is 1. The number of nitro groups is 1. The van der Waals surface area contributed by atoms with Crippen LogP contribution in [0.15, 0.2) is 24.4 Å². The highest BCUT2D eigenvalue weighted by Crippen LogP contribution is 2.24. The van der Waals surface area contributed by atoms with Crippen molar-refractivity contribution in [3.63, 3.8) is 0 Å². The molecule has 1 aliphatic rings. The third-order valence-electron chi connectivity index (χ3n) is 3.82. The number of carbonyl (C=O) groups is 1. The third kappa shape index (κ3) is 2.89. The summed E-state index contributed by atoms with van der Waals surface area (Å²) in [4.78, 5) is 25.5. The number of aliphatic hydroxyl groups is 2. The van der Waals surface area contributed by atoms with Gasteiger partial charge in [0, 0.05) is 35.7 Å². The number of carbonyl (C=O) groups excluding carboxylic acids is 1. The molecular formula is C14H15N3O6. The van der Waals surface area contributed by atoms with E-state index in [1.165, 1.54) is 24.4 Å². The van der Waals surface area contributed by atoms with Crippen LogP contribution in [0.3, 0.4) is 0 Å². The van der Waals surface area contributed by atoms with Crippen LogP contribution in [0, 0.1) is 10.1 Å². The van der Waals surface area contributed by atoms with Gasteiger partial charge in [0.05, 0.1) is 23.2 Å². The Labute approximate surface area is 130 Å². The van der Waals surface area contributed by atoms with E-state index in [0.717, 1.165) is 0 Å². The Morgan fingerprint density at radius 1 is 1.52 bits per heavy atom. The smallest absolute Gasteiger partial charge is 0.270 e. The molecule has 2 heterocycles. The number of aromatic nitrogens is 1. The molecule has 1 amide bonds. The molecule has 1 aliphatic heterocycles. The first-order valence-corrected chi connectivity index (χ1v) is 7.00. The number of hydrogen-bond acceptors (Lipinski definition) is 6. The predicted octanol–water partition coefficient (Wildman–Crippen LogP) is 0.274. The number of non-ortho nitro benzene ring substituents is 1. The number of rotatable bonds is 4. The third-order valence-corrected chi connectivity index (χ3v) is 3.82. The van der Waals surface area contributed by atoms with E-state index in [4.69, 9.17) is 9.84 Å². The SMILES string of the molecule is O=C(N[C@H]1C[C@H](O)[C@@H](CO)O1)c1c[nH]c2ccc([N+](=O)[O-])cc12. The first-order chi connectivity index (χ1) is 11.0. The van der Waals surface area contributed by atoms with E-state index in [1.807, 2.05) is 0 Å². The number of aromatic amines is 1. The number of aliphatic hydroxyl groups excluding tert-OH is 2. The molecule has 9 nitrogen and oxygen atoms in total. The van der Waals surface area contributed by atoms with E-state index in [0.29, 0.717) is 10.9 Å². The second-order valence-corrected chi connectivity index (χ2v) is 5.31. The summed E-state index contributed by atoms with van der Waals surface area (Å²) < 4.78 is 5.32. The van der Waals surface area contributed by atoms with Crippen molar-refractivity contribution in [1.82, 2.24) is 10.3 Å². The van der Waals surface area contributed by atoms with Crippen molar-refractivity contribution >= 4 is 22.5 Å². The highest BCUT2D eigenvalue weighted by atomic mass is 16.6. The summed E-state index contributed by atoms with van der Waals surface area (Å²) in [6.07, 6.45) is -0.685. The van der Waals surface area contributed by atoms with E-state index in [9.17, 15) is 20.0 Å². The lowest BCUT2D eigenvalue weighted by molar-refractivity contribution is -0.384. The molecule has 0 radical (unpaired) electrons. The standard InChI is InChI=1S/C14H15N3O6/c18-6-12-11(19)4-13(23-12)16-14(20)9-5-15-10-2-1-7(17(21)22)3-8(9)10/h1-3,5,11-13,15,18-19H,4,6H2,(H,16,20)/t11-,12+,13+/m0/s1. The second kappa shape index (κ2) is 5.95. The maximum Gasteiger partial charge on any atom is 0.270 e. The lowest BCUT2D eigenvalue weighted by Crippen LogP contribution is -2.35. The molecule has 0 saturated carbocycles. The zero-order valence-electron chi connectivity index (χ0n) is 11.9. The minimum Gasteiger partial charge on any atom is -0.394 e. The summed E-state index contributed by atoms with van der Waals surface area (Å²) in [5, 5.41) is 32.6. The van der Waals surface area contributed by atoms with Crippen LogP contribution >= 0.6 is 0 Å². The number of nitro benzene ring substituents is 1. The lowest BCUT2D eigenvalue weighted by Gasteiger charge is -2.13. The number of ether oxygens (including phenoxy) is 1. The molecule has 0 aliphatic carbocycles. The summed E-state index contributed by atoms with van der Waals surface area (Å²) in [5.41, 5.74) is 0.731. The molecule has 0 bridgehead atoms. The van der Waals surface area contributed by atoms with Gasteiger partial charge in [-0.3, -0.25) is 14.9 Å². The van der Waals surface area contributed by atoms with Gasteiger partial charge in [-0.25, -0.2) is 0 Å². The molecule has 9 heteroatoms. The Hall–Kier alpha value is -2.49. The molecule has 3 rings (SSSR count). The average molecular weight is 321 g/mol. The van der Waals surface area contributed by atoms with E-state index in [-0.39, 0.29) is 24.3 Å². The lowest BCUT2D eigenvalue weighted by atomic mass is 10.1. The summed E-state index contributed by atoms with van der Waals surface area (Å²) in [6.45, 7) is -0.340. The molecule has 4 N–H and O–H groups in total. The van der Waals surface area contributed by atoms with Crippen molar-refractivity contribution in [3.8, 4) is 0 Å². The summed E-state index contributed by atoms with van der Waals surface area (Å²) in [6, 6.07) is 4.20. The molecule has 2 aromatic rings. The minimum atomic E-state index is -0.852. The second-order valence-electron chi connectivity index (χ2n) is 5.31. The Morgan fingerprint density at radius 2 is 2.30 bits per heavy atom. The Bertz CT molecular complexity index is 758. The van der Waals surface area contributed by atoms with E-state index in [2.05, 4.69) is 10.3 Å². The fourth-order valence-electron chi connectivity index (χ4n) is 2.62. The predicted molar refractivity (Wildman–Crippen MR) is 78.8 cm³/mol. The van der Waals surface area contributed by atoms with Crippen molar-refractivity contribution < 1.29 is 24.7 Å². The van der Waals surface area contributed by atoms with Gasteiger partial charge in [0.25, 0.3) is 11.6 Å². The Balaban J connectivity index is 1.81. The maximum atomic E-state index is 12.3. The summed E-state index contributed by atoms with van der Waals surface area (Å²) >= 11 is 0. The average Bonchev–Trinajstić information content (AvgIpc) is 3.09. The van der Waals surface area contributed by atoms with E-state index >= 15 is 0 Å². The van der Waals surface area contributed by atoms with Crippen LogP contribution in [0.1, 0.15) is 16.8 Å². The van der Waals surface area contributed by atoms with Crippen LogP contribution in [0.5, 0.6) is 0 Å². The van der Waals surface area contributed by atoms with Gasteiger partial charge in [0.2, 0.25) is 0 Å². The number of fused-ring (bicyclic) bond motifs is 1. The first-order valence-electron chi connectivity index (χ1n) is 7.00. The van der Waals surface area contributed by atoms with Crippen molar-refractivity contribution in [3.05, 3.63) is 40.1 Å². The summed E-state index contributed by atoms with van der Waals surface area (Å²) in [5.74, 6) is -0.479. The Morgan fingerprint density at radius 3 is 2.96 bits per heavy atom. The molecule has 1 saturated heterocycles. The van der Waals surface area contributed by atoms with Crippen molar-refractivity contribution in [2.75, 3.05) is 6.61 Å². The van der Waals surface area contributed by atoms with Gasteiger partial charge in [-0.15, -0.1) is 0 Å². The number of nitrogens with zero attached hydrogens (tertiary/aromatic N) is 1. The maximum absolute atomic E-state index is 12.3. The van der Waals surface area contributed by atoms with Gasteiger partial charge < -0.3 is 25.3 Å². The van der Waals surface area contributed by atoms with Gasteiger partial charge in [-0.2, -0.15) is 0 Å². The van der Waals surface area contributed by atoms with Gasteiger partial charge >= 0.3 is 0 Å². The fraction of sp³-hybridized carbons (Fsp3) is 0.357. The number of benzene rings is 1. The normalized spacial score (nSPS) is 24.0. The molecule has 1 aromatic heterocycles. The molecule has 3 atom stereocenters. The van der Waals surface area contributed by atoms with Gasteiger partial charge in [0.15, 0.2) is 0 Å². The van der Waals surface area contributed by atoms with Crippen LogP contribution in [-0.4, -0.2) is 51.1 Å². The summed E-state index contributed by atoms with van der Waals surface area (Å²) in [7, 11) is 0. The monoisotopic (exact) mass is 321 g/mol. The van der Waals surface area contributed by atoms with Gasteiger partial charge in [0.1, 0.15) is 12.3 Å². The molecular weight excluding hydrogens is 306 g/mol. The molecule has 122 valence electrons. The van der Waals surface area contributed by atoms with Crippen LogP contribution in [-0.2, 0) is 4.74 Å². The topological polar surface area (TPSA) is 138 Å². The van der Waals surface area contributed by atoms with Crippen molar-refractivity contribution in [2.24, 2.45) is 0 Å². The highest BCUT2D eigenvalue weighted by molar-refractivity contribution is 6.07. The van der Waals surface area contributed by atoms with Crippen LogP contribution < -0.4 is 5.32 Å². The largest absolute Gasteiger partial charge is 0.394 e. The van der Waals surface area contributed by atoms with Crippen molar-refractivity contribution in [2.45, 2.75) is 24.9 Å². The minimum absolute atomic E-state index is 0.112. The quantitative estimate of drug-likeness (QED) is 0.471. The number of H-pyrrole nitrogens is 1. The fourth-order valence-corrected chi connectivity index (χ4v) is 2.62. The number of nitrogens with one attached hydrogen (secondary N) is 2. The molecule has 0 spiro atoms. The van der Waals surface area contributed by atoms with Gasteiger partial charge in [-0.1, -0.05) is 0 Å². The molecule has 0 unspecified atom stereocenters. The Kier molecular flexibility index (Phi) is 3.99. The molecule has 1 fully saturated rings. The van der Waals surface area contributed by atoms with E-state index in [1.54, 1.807) is 0 Å². The zero-order chi connectivity index (χ0) is 16.6. The molecule has 23 heavy (non-hydrogen) atoms. The van der Waals surface area contributed by atoms with Crippen LogP contribution in [0.2, 0.25) is 0 Å². The van der Waals surface area contributed by atoms with Crippen LogP contribution in [0.4, 0.5) is 5.69 Å². The highest BCUT2D eigenvalue weighted by Gasteiger charge is 2.34. The van der Waals surface area contributed by atoms with E-state index < -0.39 is 29.3 Å². The first kappa shape index (κ1) is 15.4. The van der Waals surface area contributed by atoms with Crippen molar-refractivity contribution in [1.29, 1.82) is 0 Å². The van der Waals surface area contributed by atoms with Gasteiger partial charge in [-0.05, 0) is 6.07 Å².